The van der Waals surface area contributed by atoms with Crippen LogP contribution in [-0.4, -0.2) is 38.4 Å². The molecule has 7 heteroatoms. The first kappa shape index (κ1) is 18.7. The third kappa shape index (κ3) is 4.53. The minimum atomic E-state index is -0.00202. The van der Waals surface area contributed by atoms with E-state index in [0.29, 0.717) is 5.75 Å². The van der Waals surface area contributed by atoms with E-state index in [2.05, 4.69) is 26.0 Å². The number of carbonyl (C=O) groups excluding carboxylic acids is 1. The van der Waals surface area contributed by atoms with Crippen LogP contribution in [-0.2, 0) is 4.79 Å². The van der Waals surface area contributed by atoms with Crippen molar-refractivity contribution < 1.29 is 4.79 Å². The lowest BCUT2D eigenvalue weighted by Crippen LogP contribution is -2.31. The van der Waals surface area contributed by atoms with E-state index in [0.717, 1.165) is 20.6 Å². The zero-order valence-corrected chi connectivity index (χ0v) is 16.9. The van der Waals surface area contributed by atoms with Crippen molar-refractivity contribution in [3.63, 3.8) is 0 Å². The number of rotatable bonds is 6. The van der Waals surface area contributed by atoms with Gasteiger partial charge in [-0.3, -0.25) is 4.79 Å². The van der Waals surface area contributed by atoms with E-state index in [1.54, 1.807) is 27.7 Å². The second kappa shape index (κ2) is 8.51. The molecule has 26 heavy (non-hydrogen) atoms. The Kier molecular flexibility index (Phi) is 6.11. The number of thioether (sulfide) groups is 1. The number of aromatic nitrogens is 3. The van der Waals surface area contributed by atoms with Crippen LogP contribution in [0.5, 0.6) is 0 Å². The number of amides is 1. The lowest BCUT2D eigenvalue weighted by atomic mass is 10.1. The summed E-state index contributed by atoms with van der Waals surface area (Å²) < 4.78 is 2.74. The van der Waals surface area contributed by atoms with Gasteiger partial charge in [-0.15, -0.1) is 11.8 Å². The summed E-state index contributed by atoms with van der Waals surface area (Å²) in [6.07, 6.45) is 3.17. The fraction of sp³-hybridized carbons (Fsp3) is 0.211. The van der Waals surface area contributed by atoms with E-state index in [1.807, 2.05) is 62.5 Å². The summed E-state index contributed by atoms with van der Waals surface area (Å²) in [6.45, 7) is 2.03. The summed E-state index contributed by atoms with van der Waals surface area (Å²) in [5.41, 5.74) is 2.02. The Balaban J connectivity index is 1.60. The molecule has 0 N–H and O–H groups in total. The van der Waals surface area contributed by atoms with Gasteiger partial charge in [-0.25, -0.2) is 9.67 Å². The highest BCUT2D eigenvalue weighted by Crippen LogP contribution is 2.24. The van der Waals surface area contributed by atoms with Crippen molar-refractivity contribution in [1.29, 1.82) is 0 Å². The molecule has 0 aliphatic heterocycles. The zero-order chi connectivity index (χ0) is 18.5. The monoisotopic (exact) mass is 430 g/mol. The molecule has 1 amide bonds. The first-order valence-corrected chi connectivity index (χ1v) is 9.91. The van der Waals surface area contributed by atoms with Gasteiger partial charge in [0.15, 0.2) is 0 Å². The van der Waals surface area contributed by atoms with Gasteiger partial charge in [0.25, 0.3) is 0 Å². The second-order valence-electron chi connectivity index (χ2n) is 5.85. The van der Waals surface area contributed by atoms with E-state index in [4.69, 9.17) is 0 Å². The maximum absolute atomic E-state index is 12.5. The van der Waals surface area contributed by atoms with Gasteiger partial charge in [0.05, 0.1) is 17.5 Å². The molecule has 0 aliphatic rings. The molecule has 1 aromatic heterocycles. The Morgan fingerprint density at radius 2 is 1.88 bits per heavy atom. The third-order valence-electron chi connectivity index (χ3n) is 4.21. The molecule has 5 nitrogen and oxygen atoms in total. The number of hydrogen-bond acceptors (Lipinski definition) is 4. The Bertz CT molecular complexity index is 850. The first-order chi connectivity index (χ1) is 12.5. The van der Waals surface area contributed by atoms with Crippen molar-refractivity contribution >= 4 is 33.6 Å². The maximum Gasteiger partial charge on any atom is 0.233 e. The molecule has 3 aromatic rings. The minimum absolute atomic E-state index is 0.00202. The van der Waals surface area contributed by atoms with E-state index < -0.39 is 0 Å². The van der Waals surface area contributed by atoms with Crippen LogP contribution >= 0.6 is 27.7 Å². The van der Waals surface area contributed by atoms with Gasteiger partial charge < -0.3 is 4.90 Å². The van der Waals surface area contributed by atoms with Gasteiger partial charge in [0, 0.05) is 16.4 Å². The zero-order valence-electron chi connectivity index (χ0n) is 14.5. The Morgan fingerprint density at radius 1 is 1.19 bits per heavy atom. The summed E-state index contributed by atoms with van der Waals surface area (Å²) in [5, 5.41) is 4.12. The van der Waals surface area contributed by atoms with E-state index in [9.17, 15) is 4.79 Å². The highest BCUT2D eigenvalue weighted by atomic mass is 79.9. The molecule has 0 radical (unpaired) electrons. The summed E-state index contributed by atoms with van der Waals surface area (Å²) in [6, 6.07) is 16.0. The third-order valence-corrected chi connectivity index (χ3v) is 5.73. The van der Waals surface area contributed by atoms with Crippen molar-refractivity contribution in [2.45, 2.75) is 17.9 Å². The largest absolute Gasteiger partial charge is 0.338 e. The number of halogens is 1. The molecular weight excluding hydrogens is 412 g/mol. The van der Waals surface area contributed by atoms with Crippen LogP contribution in [0.2, 0.25) is 0 Å². The molecule has 1 unspecified atom stereocenters. The molecule has 1 heterocycles. The minimum Gasteiger partial charge on any atom is -0.338 e. The number of carbonyl (C=O) groups is 1. The molecule has 1 atom stereocenters. The highest BCUT2D eigenvalue weighted by molar-refractivity contribution is 9.10. The molecule has 0 saturated carbocycles. The molecule has 3 rings (SSSR count). The van der Waals surface area contributed by atoms with Crippen molar-refractivity contribution in [2.75, 3.05) is 12.8 Å². The average molecular weight is 431 g/mol. The van der Waals surface area contributed by atoms with Gasteiger partial charge in [0.2, 0.25) is 5.91 Å². The Morgan fingerprint density at radius 3 is 2.50 bits per heavy atom. The maximum atomic E-state index is 12.5. The second-order valence-corrected chi connectivity index (χ2v) is 7.82. The van der Waals surface area contributed by atoms with Gasteiger partial charge in [-0.05, 0) is 48.9 Å². The van der Waals surface area contributed by atoms with Crippen LogP contribution in [0.1, 0.15) is 18.5 Å². The molecule has 2 aromatic carbocycles. The number of nitrogens with zero attached hydrogens (tertiary/aromatic N) is 4. The summed E-state index contributed by atoms with van der Waals surface area (Å²) in [5.74, 6) is 0.519. The predicted octanol–water partition coefficient (Wildman–Crippen LogP) is 4.34. The molecular formula is C19H19BrN4OS. The van der Waals surface area contributed by atoms with E-state index in [1.165, 1.54) is 6.33 Å². The fourth-order valence-electron chi connectivity index (χ4n) is 2.46. The SMILES string of the molecule is CC(c1ccc(-n2cncn2)cc1)N(C)C(=O)CSc1ccc(Br)cc1. The van der Waals surface area contributed by atoms with Crippen LogP contribution in [0.3, 0.4) is 0 Å². The van der Waals surface area contributed by atoms with Crippen LogP contribution < -0.4 is 0 Å². The predicted molar refractivity (Wildman–Crippen MR) is 107 cm³/mol. The molecule has 0 spiro atoms. The van der Waals surface area contributed by atoms with Gasteiger partial charge >= 0.3 is 0 Å². The first-order valence-electron chi connectivity index (χ1n) is 8.13. The van der Waals surface area contributed by atoms with Crippen molar-refractivity contribution in [2.24, 2.45) is 0 Å². The topological polar surface area (TPSA) is 51.0 Å². The van der Waals surface area contributed by atoms with Gasteiger partial charge in [0.1, 0.15) is 12.7 Å². The summed E-state index contributed by atoms with van der Waals surface area (Å²) in [7, 11) is 1.85. The van der Waals surface area contributed by atoms with Crippen LogP contribution in [0.15, 0.2) is 70.6 Å². The lowest BCUT2D eigenvalue weighted by molar-refractivity contribution is -0.128. The summed E-state index contributed by atoms with van der Waals surface area (Å²) in [4.78, 5) is 19.3. The number of hydrogen-bond donors (Lipinski definition) is 0. The number of benzene rings is 2. The fourth-order valence-corrected chi connectivity index (χ4v) is 3.55. The normalized spacial score (nSPS) is 12.0. The average Bonchev–Trinajstić information content (AvgIpc) is 3.21. The smallest absolute Gasteiger partial charge is 0.233 e. The lowest BCUT2D eigenvalue weighted by Gasteiger charge is -2.25. The van der Waals surface area contributed by atoms with E-state index >= 15 is 0 Å². The van der Waals surface area contributed by atoms with Crippen molar-refractivity contribution in [3.8, 4) is 5.69 Å². The van der Waals surface area contributed by atoms with Crippen molar-refractivity contribution in [3.05, 3.63) is 71.2 Å². The molecule has 134 valence electrons. The van der Waals surface area contributed by atoms with Gasteiger partial charge in [-0.1, -0.05) is 28.1 Å². The van der Waals surface area contributed by atoms with Crippen molar-refractivity contribution in [1.82, 2.24) is 19.7 Å². The summed E-state index contributed by atoms with van der Waals surface area (Å²) >= 11 is 4.97. The molecule has 0 bridgehead atoms. The standard InChI is InChI=1S/C19H19BrN4OS/c1-14(15-3-7-17(8-4-15)24-13-21-12-22-24)23(2)19(25)11-26-18-9-5-16(20)6-10-18/h3-10,12-14H,11H2,1-2H3. The van der Waals surface area contributed by atoms with Crippen LogP contribution in [0.25, 0.3) is 5.69 Å². The molecule has 0 fully saturated rings. The van der Waals surface area contributed by atoms with Crippen LogP contribution in [0.4, 0.5) is 0 Å². The van der Waals surface area contributed by atoms with Gasteiger partial charge in [-0.2, -0.15) is 5.10 Å². The molecule has 0 aliphatic carbocycles. The Labute approximate surface area is 165 Å². The van der Waals surface area contributed by atoms with E-state index in [-0.39, 0.29) is 11.9 Å². The Hall–Kier alpha value is -2.12. The quantitative estimate of drug-likeness (QED) is 0.545. The molecule has 0 saturated heterocycles. The van der Waals surface area contributed by atoms with Crippen LogP contribution in [0, 0.1) is 0 Å². The highest BCUT2D eigenvalue weighted by Gasteiger charge is 2.17.